The maximum Gasteiger partial charge on any atom is 0.245 e. The highest BCUT2D eigenvalue weighted by Gasteiger charge is 2.28. The van der Waals surface area contributed by atoms with Gasteiger partial charge in [0.25, 0.3) is 0 Å². The fourth-order valence-corrected chi connectivity index (χ4v) is 3.85. The summed E-state index contributed by atoms with van der Waals surface area (Å²) in [5.41, 5.74) is 4.31. The molecule has 0 radical (unpaired) electrons. The second-order valence-electron chi connectivity index (χ2n) is 7.35. The number of hydrogen-bond donors (Lipinski definition) is 1. The summed E-state index contributed by atoms with van der Waals surface area (Å²) in [5.74, 6) is -0.223. The number of para-hydroxylation sites is 2. The number of fused-ring (bicyclic) bond motifs is 1. The molecule has 1 aliphatic rings. The van der Waals surface area contributed by atoms with Gasteiger partial charge in [0.1, 0.15) is 6.04 Å². The number of nitrogens with one attached hydrogen (secondary N) is 1. The molecule has 1 atom stereocenters. The quantitative estimate of drug-likeness (QED) is 0.836. The highest BCUT2D eigenvalue weighted by Crippen LogP contribution is 2.28. The largest absolute Gasteiger partial charge is 0.360 e. The summed E-state index contributed by atoms with van der Waals surface area (Å²) in [6.45, 7) is 4.87. The molecule has 1 heterocycles. The molecule has 5 nitrogen and oxygen atoms in total. The van der Waals surface area contributed by atoms with Crippen LogP contribution in [0.25, 0.3) is 0 Å². The van der Waals surface area contributed by atoms with E-state index >= 15 is 0 Å². The van der Waals surface area contributed by atoms with Gasteiger partial charge in [0, 0.05) is 25.0 Å². The zero-order valence-electron chi connectivity index (χ0n) is 16.9. The zero-order chi connectivity index (χ0) is 20.1. The van der Waals surface area contributed by atoms with Crippen LogP contribution in [0.1, 0.15) is 31.4 Å². The van der Waals surface area contributed by atoms with Crippen LogP contribution in [-0.2, 0) is 22.4 Å². The predicted octanol–water partition coefficient (Wildman–Crippen LogP) is 3.49. The molecule has 0 saturated carbocycles. The normalized spacial score (nSPS) is 14.2. The van der Waals surface area contributed by atoms with Crippen molar-refractivity contribution in [2.75, 3.05) is 30.4 Å². The van der Waals surface area contributed by atoms with Crippen molar-refractivity contribution in [1.82, 2.24) is 4.90 Å². The Labute approximate surface area is 167 Å². The lowest BCUT2D eigenvalue weighted by Crippen LogP contribution is -2.49. The van der Waals surface area contributed by atoms with Crippen molar-refractivity contribution in [3.8, 4) is 0 Å². The second kappa shape index (κ2) is 8.91. The Morgan fingerprint density at radius 2 is 1.86 bits per heavy atom. The first kappa shape index (κ1) is 19.9. The Morgan fingerprint density at radius 3 is 2.64 bits per heavy atom. The summed E-state index contributed by atoms with van der Waals surface area (Å²) >= 11 is 0. The van der Waals surface area contributed by atoms with Crippen LogP contribution in [0, 0.1) is 0 Å². The summed E-state index contributed by atoms with van der Waals surface area (Å²) in [7, 11) is 1.69. The number of hydrogen-bond acceptors (Lipinski definition) is 3. The number of carbonyl (C=O) groups is 2. The third-order valence-electron chi connectivity index (χ3n) is 5.40. The Morgan fingerprint density at radius 1 is 1.14 bits per heavy atom. The fourth-order valence-electron chi connectivity index (χ4n) is 3.85. The van der Waals surface area contributed by atoms with Gasteiger partial charge in [0.15, 0.2) is 0 Å². The number of benzene rings is 2. The molecule has 2 aromatic carbocycles. The van der Waals surface area contributed by atoms with Crippen molar-refractivity contribution >= 4 is 23.2 Å². The van der Waals surface area contributed by atoms with Gasteiger partial charge in [-0.1, -0.05) is 43.3 Å². The van der Waals surface area contributed by atoms with Crippen molar-refractivity contribution in [3.63, 3.8) is 0 Å². The monoisotopic (exact) mass is 379 g/mol. The van der Waals surface area contributed by atoms with Gasteiger partial charge in [-0.25, -0.2) is 0 Å². The molecular formula is C23H29N3O2. The summed E-state index contributed by atoms with van der Waals surface area (Å²) in [4.78, 5) is 29.1. The number of amides is 2. The summed E-state index contributed by atoms with van der Waals surface area (Å²) in [6, 6.07) is 15.7. The number of aryl methyl sites for hydroxylation is 2. The standard InChI is InChI=1S/C23H29N3O2/c1-4-18-10-5-7-13-20(18)24-22(27)16-25(3)23(28)17(2)26-15-9-12-19-11-6-8-14-21(19)26/h5-8,10-11,13-14,17H,4,9,12,15-16H2,1-3H3,(H,24,27). The Hall–Kier alpha value is -2.82. The predicted molar refractivity (Wildman–Crippen MR) is 114 cm³/mol. The molecule has 0 spiro atoms. The van der Waals surface area contributed by atoms with Gasteiger partial charge < -0.3 is 15.1 Å². The van der Waals surface area contributed by atoms with Crippen molar-refractivity contribution in [2.45, 2.75) is 39.2 Å². The van der Waals surface area contributed by atoms with Gasteiger partial charge in [-0.3, -0.25) is 9.59 Å². The maximum atomic E-state index is 13.0. The van der Waals surface area contributed by atoms with E-state index in [2.05, 4.69) is 29.3 Å². The lowest BCUT2D eigenvalue weighted by Gasteiger charge is -2.37. The van der Waals surface area contributed by atoms with Crippen molar-refractivity contribution < 1.29 is 9.59 Å². The molecule has 0 bridgehead atoms. The van der Waals surface area contributed by atoms with Crippen LogP contribution in [0.15, 0.2) is 48.5 Å². The highest BCUT2D eigenvalue weighted by atomic mass is 16.2. The van der Waals surface area contributed by atoms with E-state index in [1.54, 1.807) is 7.05 Å². The molecule has 0 saturated heterocycles. The van der Waals surface area contributed by atoms with Crippen LogP contribution in [0.5, 0.6) is 0 Å². The van der Waals surface area contributed by atoms with Crippen LogP contribution in [-0.4, -0.2) is 42.9 Å². The fraction of sp³-hybridized carbons (Fsp3) is 0.391. The van der Waals surface area contributed by atoms with E-state index in [0.29, 0.717) is 0 Å². The third kappa shape index (κ3) is 4.35. The number of likely N-dealkylation sites (N-methyl/N-ethyl adjacent to an activating group) is 1. The lowest BCUT2D eigenvalue weighted by molar-refractivity contribution is -0.134. The molecule has 28 heavy (non-hydrogen) atoms. The first-order chi connectivity index (χ1) is 13.5. The number of rotatable bonds is 6. The topological polar surface area (TPSA) is 52.7 Å². The van der Waals surface area contributed by atoms with Gasteiger partial charge >= 0.3 is 0 Å². The average Bonchev–Trinajstić information content (AvgIpc) is 2.72. The van der Waals surface area contributed by atoms with Crippen molar-refractivity contribution in [2.24, 2.45) is 0 Å². The molecule has 1 N–H and O–H groups in total. The SMILES string of the molecule is CCc1ccccc1NC(=O)CN(C)C(=O)C(C)N1CCCc2ccccc21. The first-order valence-electron chi connectivity index (χ1n) is 9.98. The van der Waals surface area contributed by atoms with E-state index < -0.39 is 0 Å². The highest BCUT2D eigenvalue weighted by molar-refractivity contribution is 5.96. The van der Waals surface area contributed by atoms with Crippen LogP contribution >= 0.6 is 0 Å². The molecule has 1 aliphatic heterocycles. The van der Waals surface area contributed by atoms with Gasteiger partial charge in [0.2, 0.25) is 11.8 Å². The average molecular weight is 380 g/mol. The lowest BCUT2D eigenvalue weighted by atomic mass is 10.00. The first-order valence-corrected chi connectivity index (χ1v) is 9.98. The summed E-state index contributed by atoms with van der Waals surface area (Å²) < 4.78 is 0. The number of carbonyl (C=O) groups excluding carboxylic acids is 2. The number of anilines is 2. The molecule has 3 rings (SSSR count). The summed E-state index contributed by atoms with van der Waals surface area (Å²) in [5, 5.41) is 2.93. The molecular weight excluding hydrogens is 350 g/mol. The molecule has 2 amide bonds. The Balaban J connectivity index is 1.63. The van der Waals surface area contributed by atoms with Gasteiger partial charge in [0.05, 0.1) is 6.54 Å². The Bertz CT molecular complexity index is 849. The molecule has 148 valence electrons. The van der Waals surface area contributed by atoms with E-state index in [4.69, 9.17) is 0 Å². The minimum atomic E-state index is -0.304. The minimum absolute atomic E-state index is 0.0384. The van der Waals surface area contributed by atoms with E-state index in [9.17, 15) is 9.59 Å². The molecule has 5 heteroatoms. The van der Waals surface area contributed by atoms with Crippen LogP contribution in [0.3, 0.4) is 0 Å². The maximum absolute atomic E-state index is 13.0. The van der Waals surface area contributed by atoms with Crippen LogP contribution in [0.2, 0.25) is 0 Å². The van der Waals surface area contributed by atoms with Gasteiger partial charge in [-0.05, 0) is 49.4 Å². The smallest absolute Gasteiger partial charge is 0.245 e. The second-order valence-corrected chi connectivity index (χ2v) is 7.35. The summed E-state index contributed by atoms with van der Waals surface area (Å²) in [6.07, 6.45) is 2.92. The third-order valence-corrected chi connectivity index (χ3v) is 5.40. The molecule has 0 aliphatic carbocycles. The van der Waals surface area contributed by atoms with Crippen molar-refractivity contribution in [1.29, 1.82) is 0 Å². The molecule has 1 unspecified atom stereocenters. The van der Waals surface area contributed by atoms with Crippen LogP contribution in [0.4, 0.5) is 11.4 Å². The number of nitrogens with zero attached hydrogens (tertiary/aromatic N) is 2. The molecule has 0 aromatic heterocycles. The van der Waals surface area contributed by atoms with Gasteiger partial charge in [-0.2, -0.15) is 0 Å². The van der Waals surface area contributed by atoms with E-state index in [1.807, 2.05) is 43.3 Å². The van der Waals surface area contributed by atoms with E-state index in [-0.39, 0.29) is 24.4 Å². The molecule has 0 fully saturated rings. The molecule has 2 aromatic rings. The van der Waals surface area contributed by atoms with E-state index in [1.165, 1.54) is 10.5 Å². The minimum Gasteiger partial charge on any atom is -0.360 e. The van der Waals surface area contributed by atoms with Gasteiger partial charge in [-0.15, -0.1) is 0 Å². The van der Waals surface area contributed by atoms with Crippen molar-refractivity contribution in [3.05, 3.63) is 59.7 Å². The Kier molecular flexibility index (Phi) is 6.34. The zero-order valence-corrected chi connectivity index (χ0v) is 16.9. The van der Waals surface area contributed by atoms with Crippen LogP contribution < -0.4 is 10.2 Å². The van der Waals surface area contributed by atoms with E-state index in [0.717, 1.165) is 42.7 Å².